The summed E-state index contributed by atoms with van der Waals surface area (Å²) >= 11 is 0. The van der Waals surface area contributed by atoms with Crippen LogP contribution in [0.2, 0.25) is 0 Å². The molecule has 0 radical (unpaired) electrons. The highest BCUT2D eigenvalue weighted by atomic mass is 16.5. The first-order valence-corrected chi connectivity index (χ1v) is 5.18. The quantitative estimate of drug-likeness (QED) is 0.537. The lowest BCUT2D eigenvalue weighted by Crippen LogP contribution is -2.58. The molecule has 1 fully saturated rings. The Kier molecular flexibility index (Phi) is 4.60. The van der Waals surface area contributed by atoms with Crippen LogP contribution in [-0.4, -0.2) is 37.9 Å². The summed E-state index contributed by atoms with van der Waals surface area (Å²) in [7, 11) is 0. The van der Waals surface area contributed by atoms with E-state index in [0.29, 0.717) is 32.8 Å². The van der Waals surface area contributed by atoms with Gasteiger partial charge in [-0.15, -0.1) is 6.42 Å². The Bertz CT molecular complexity index is 251. The van der Waals surface area contributed by atoms with Crippen LogP contribution in [0.25, 0.3) is 0 Å². The number of terminal acetylenes is 1. The Morgan fingerprint density at radius 1 is 1.73 bits per heavy atom. The van der Waals surface area contributed by atoms with E-state index in [1.165, 1.54) is 0 Å². The Morgan fingerprint density at radius 2 is 2.53 bits per heavy atom. The van der Waals surface area contributed by atoms with E-state index in [-0.39, 0.29) is 5.97 Å². The highest BCUT2D eigenvalue weighted by molar-refractivity contribution is 5.81. The van der Waals surface area contributed by atoms with Crippen molar-refractivity contribution in [3.05, 3.63) is 0 Å². The topological polar surface area (TPSA) is 47.6 Å². The lowest BCUT2D eigenvalue weighted by Gasteiger charge is -2.34. The molecule has 4 heteroatoms. The lowest BCUT2D eigenvalue weighted by atomic mass is 9.92. The van der Waals surface area contributed by atoms with Crippen molar-refractivity contribution in [2.75, 3.05) is 26.4 Å². The molecule has 0 spiro atoms. The van der Waals surface area contributed by atoms with Gasteiger partial charge in [-0.2, -0.15) is 0 Å². The number of hydrogen-bond acceptors (Lipinski definition) is 4. The molecule has 0 saturated carbocycles. The summed E-state index contributed by atoms with van der Waals surface area (Å²) < 4.78 is 10.3. The molecule has 1 heterocycles. The number of hydrogen-bond donors (Lipinski definition) is 1. The molecule has 0 aromatic carbocycles. The average molecular weight is 211 g/mol. The van der Waals surface area contributed by atoms with Gasteiger partial charge in [0.1, 0.15) is 5.54 Å². The molecule has 84 valence electrons. The molecule has 1 N–H and O–H groups in total. The predicted octanol–water partition coefficient (Wildman–Crippen LogP) is 0.321. The highest BCUT2D eigenvalue weighted by Crippen LogP contribution is 2.20. The van der Waals surface area contributed by atoms with Crippen LogP contribution in [0.5, 0.6) is 0 Å². The van der Waals surface area contributed by atoms with Crippen molar-refractivity contribution in [3.63, 3.8) is 0 Å². The average Bonchev–Trinajstić information content (AvgIpc) is 2.28. The third-order valence-electron chi connectivity index (χ3n) is 2.44. The fraction of sp³-hybridized carbons (Fsp3) is 0.727. The van der Waals surface area contributed by atoms with Gasteiger partial charge in [-0.1, -0.05) is 5.92 Å². The van der Waals surface area contributed by atoms with Crippen molar-refractivity contribution >= 4 is 5.97 Å². The smallest absolute Gasteiger partial charge is 0.328 e. The summed E-state index contributed by atoms with van der Waals surface area (Å²) in [5.74, 6) is 2.20. The van der Waals surface area contributed by atoms with E-state index in [1.807, 2.05) is 0 Å². The van der Waals surface area contributed by atoms with E-state index in [0.717, 1.165) is 6.42 Å². The van der Waals surface area contributed by atoms with Crippen molar-refractivity contribution in [2.45, 2.75) is 25.3 Å². The standard InChI is InChI=1S/C11H17NO3/c1-3-7-12-11(10(13)15-4-2)6-5-8-14-9-11/h1,12H,4-9H2,2H3. The lowest BCUT2D eigenvalue weighted by molar-refractivity contribution is -0.157. The third kappa shape index (κ3) is 2.95. The summed E-state index contributed by atoms with van der Waals surface area (Å²) in [6.45, 7) is 3.54. The number of rotatable bonds is 4. The molecule has 1 unspecified atom stereocenters. The van der Waals surface area contributed by atoms with Crippen LogP contribution in [0.3, 0.4) is 0 Å². The van der Waals surface area contributed by atoms with Crippen molar-refractivity contribution in [3.8, 4) is 12.3 Å². The Labute approximate surface area is 90.3 Å². The summed E-state index contributed by atoms with van der Waals surface area (Å²) in [5, 5.41) is 3.03. The van der Waals surface area contributed by atoms with Gasteiger partial charge in [-0.3, -0.25) is 5.32 Å². The van der Waals surface area contributed by atoms with Crippen LogP contribution in [0.15, 0.2) is 0 Å². The van der Waals surface area contributed by atoms with Crippen LogP contribution in [0.1, 0.15) is 19.8 Å². The highest BCUT2D eigenvalue weighted by Gasteiger charge is 2.41. The van der Waals surface area contributed by atoms with Crippen molar-refractivity contribution in [1.29, 1.82) is 0 Å². The second-order valence-electron chi connectivity index (χ2n) is 3.52. The minimum absolute atomic E-state index is 0.264. The van der Waals surface area contributed by atoms with Crippen LogP contribution < -0.4 is 5.32 Å². The minimum Gasteiger partial charge on any atom is -0.465 e. The molecule has 0 aromatic rings. The zero-order valence-corrected chi connectivity index (χ0v) is 9.04. The molecule has 1 aliphatic heterocycles. The fourth-order valence-corrected chi connectivity index (χ4v) is 1.66. The molecule has 1 saturated heterocycles. The van der Waals surface area contributed by atoms with Gasteiger partial charge in [0.25, 0.3) is 0 Å². The number of nitrogens with one attached hydrogen (secondary N) is 1. The molecule has 0 aromatic heterocycles. The molecule has 15 heavy (non-hydrogen) atoms. The van der Waals surface area contributed by atoms with E-state index >= 15 is 0 Å². The van der Waals surface area contributed by atoms with E-state index in [1.54, 1.807) is 6.92 Å². The van der Waals surface area contributed by atoms with Gasteiger partial charge in [0.2, 0.25) is 0 Å². The molecule has 1 atom stereocenters. The van der Waals surface area contributed by atoms with Gasteiger partial charge in [-0.05, 0) is 19.8 Å². The van der Waals surface area contributed by atoms with Gasteiger partial charge in [0.15, 0.2) is 0 Å². The molecular weight excluding hydrogens is 194 g/mol. The molecular formula is C11H17NO3. The summed E-state index contributed by atoms with van der Waals surface area (Å²) in [6, 6.07) is 0. The molecule has 0 bridgehead atoms. The Balaban J connectivity index is 2.66. The largest absolute Gasteiger partial charge is 0.465 e. The number of carbonyl (C=O) groups excluding carboxylic acids is 1. The maximum absolute atomic E-state index is 11.8. The first-order chi connectivity index (χ1) is 7.25. The number of carbonyl (C=O) groups is 1. The summed E-state index contributed by atoms with van der Waals surface area (Å²) in [6.07, 6.45) is 6.73. The number of esters is 1. The maximum atomic E-state index is 11.8. The first kappa shape index (κ1) is 12.0. The number of ether oxygens (including phenoxy) is 2. The molecule has 0 amide bonds. The Morgan fingerprint density at radius 3 is 3.07 bits per heavy atom. The van der Waals surface area contributed by atoms with Gasteiger partial charge >= 0.3 is 5.97 Å². The van der Waals surface area contributed by atoms with Gasteiger partial charge in [0, 0.05) is 6.61 Å². The summed E-state index contributed by atoms with van der Waals surface area (Å²) in [4.78, 5) is 11.8. The Hall–Kier alpha value is -1.05. The van der Waals surface area contributed by atoms with E-state index in [4.69, 9.17) is 15.9 Å². The van der Waals surface area contributed by atoms with E-state index < -0.39 is 5.54 Å². The van der Waals surface area contributed by atoms with Crippen LogP contribution >= 0.6 is 0 Å². The maximum Gasteiger partial charge on any atom is 0.328 e. The van der Waals surface area contributed by atoms with Gasteiger partial charge in [-0.25, -0.2) is 4.79 Å². The second-order valence-corrected chi connectivity index (χ2v) is 3.52. The van der Waals surface area contributed by atoms with Crippen LogP contribution in [0, 0.1) is 12.3 Å². The van der Waals surface area contributed by atoms with Crippen LogP contribution in [0.4, 0.5) is 0 Å². The van der Waals surface area contributed by atoms with Crippen molar-refractivity contribution in [1.82, 2.24) is 5.32 Å². The van der Waals surface area contributed by atoms with Gasteiger partial charge in [0.05, 0.1) is 19.8 Å². The predicted molar refractivity (Wildman–Crippen MR) is 56.3 cm³/mol. The second kappa shape index (κ2) is 5.74. The van der Waals surface area contributed by atoms with Crippen LogP contribution in [-0.2, 0) is 14.3 Å². The minimum atomic E-state index is -0.735. The van der Waals surface area contributed by atoms with Crippen molar-refractivity contribution in [2.24, 2.45) is 0 Å². The first-order valence-electron chi connectivity index (χ1n) is 5.18. The molecule has 0 aliphatic carbocycles. The normalized spacial score (nSPS) is 25.6. The SMILES string of the molecule is C#CCNC1(C(=O)OCC)CCCOC1. The fourth-order valence-electron chi connectivity index (χ4n) is 1.66. The monoisotopic (exact) mass is 211 g/mol. The van der Waals surface area contributed by atoms with Crippen molar-refractivity contribution < 1.29 is 14.3 Å². The third-order valence-corrected chi connectivity index (χ3v) is 2.44. The van der Waals surface area contributed by atoms with E-state index in [2.05, 4.69) is 11.2 Å². The molecule has 4 nitrogen and oxygen atoms in total. The van der Waals surface area contributed by atoms with Gasteiger partial charge < -0.3 is 9.47 Å². The molecule has 1 aliphatic rings. The van der Waals surface area contributed by atoms with E-state index in [9.17, 15) is 4.79 Å². The summed E-state index contributed by atoms with van der Waals surface area (Å²) in [5.41, 5.74) is -0.735. The zero-order chi connectivity index (χ0) is 11.1. The molecule has 1 rings (SSSR count). The zero-order valence-electron chi connectivity index (χ0n) is 9.04.